The molecule has 122 valence electrons. The SMILES string of the molecule is CC(=O)N(C)CC(=O)Nc1ccc(-n2ncc3ccccc32)cc1. The summed E-state index contributed by atoms with van der Waals surface area (Å²) in [5.41, 5.74) is 2.62. The average Bonchev–Trinajstić information content (AvgIpc) is 2.99. The van der Waals surface area contributed by atoms with Gasteiger partial charge < -0.3 is 10.2 Å². The highest BCUT2D eigenvalue weighted by Crippen LogP contribution is 2.19. The largest absolute Gasteiger partial charge is 0.337 e. The van der Waals surface area contributed by atoms with E-state index in [1.54, 1.807) is 7.05 Å². The van der Waals surface area contributed by atoms with Gasteiger partial charge in [-0.3, -0.25) is 9.59 Å². The molecule has 6 nitrogen and oxygen atoms in total. The van der Waals surface area contributed by atoms with E-state index in [1.165, 1.54) is 11.8 Å². The molecular formula is C18H18N4O2. The van der Waals surface area contributed by atoms with Crippen molar-refractivity contribution < 1.29 is 9.59 Å². The topological polar surface area (TPSA) is 67.2 Å². The van der Waals surface area contributed by atoms with Gasteiger partial charge in [0.25, 0.3) is 0 Å². The minimum atomic E-state index is -0.231. The molecule has 3 aromatic rings. The third-order valence-corrected chi connectivity index (χ3v) is 3.79. The van der Waals surface area contributed by atoms with Crippen molar-refractivity contribution in [1.82, 2.24) is 14.7 Å². The Morgan fingerprint density at radius 3 is 2.54 bits per heavy atom. The van der Waals surface area contributed by atoms with Crippen LogP contribution in [-0.2, 0) is 9.59 Å². The van der Waals surface area contributed by atoms with Crippen molar-refractivity contribution >= 4 is 28.4 Å². The zero-order valence-corrected chi connectivity index (χ0v) is 13.6. The summed E-state index contributed by atoms with van der Waals surface area (Å²) in [4.78, 5) is 24.4. The van der Waals surface area contributed by atoms with Crippen molar-refractivity contribution in [3.63, 3.8) is 0 Å². The smallest absolute Gasteiger partial charge is 0.243 e. The number of carbonyl (C=O) groups excluding carboxylic acids is 2. The standard InChI is InChI=1S/C18H18N4O2/c1-13(23)21(2)12-18(24)20-15-7-9-16(10-8-15)22-17-6-4-3-5-14(17)11-19-22/h3-11H,12H2,1-2H3,(H,20,24). The van der Waals surface area contributed by atoms with E-state index in [-0.39, 0.29) is 18.4 Å². The fourth-order valence-corrected chi connectivity index (χ4v) is 2.39. The van der Waals surface area contributed by atoms with Crippen molar-refractivity contribution in [2.45, 2.75) is 6.92 Å². The first-order valence-electron chi connectivity index (χ1n) is 7.59. The molecule has 2 amide bonds. The third kappa shape index (κ3) is 3.27. The Morgan fingerprint density at radius 1 is 1.12 bits per heavy atom. The van der Waals surface area contributed by atoms with Gasteiger partial charge in [-0.1, -0.05) is 18.2 Å². The Kier molecular flexibility index (Phi) is 4.29. The number of likely N-dealkylation sites (N-methyl/N-ethyl adjacent to an activating group) is 1. The minimum Gasteiger partial charge on any atom is -0.337 e. The van der Waals surface area contributed by atoms with Crippen LogP contribution >= 0.6 is 0 Å². The highest BCUT2D eigenvalue weighted by atomic mass is 16.2. The van der Waals surface area contributed by atoms with Crippen LogP contribution in [0.15, 0.2) is 54.7 Å². The lowest BCUT2D eigenvalue weighted by atomic mass is 10.2. The van der Waals surface area contributed by atoms with Crippen LogP contribution in [0, 0.1) is 0 Å². The second-order valence-electron chi connectivity index (χ2n) is 5.59. The van der Waals surface area contributed by atoms with Crippen LogP contribution in [0.4, 0.5) is 5.69 Å². The van der Waals surface area contributed by atoms with E-state index in [0.29, 0.717) is 5.69 Å². The fourth-order valence-electron chi connectivity index (χ4n) is 2.39. The molecule has 6 heteroatoms. The number of hydrogen-bond donors (Lipinski definition) is 1. The molecule has 0 aliphatic carbocycles. The van der Waals surface area contributed by atoms with Gasteiger partial charge in [0, 0.05) is 25.0 Å². The first-order valence-corrected chi connectivity index (χ1v) is 7.59. The Morgan fingerprint density at radius 2 is 1.83 bits per heavy atom. The zero-order valence-electron chi connectivity index (χ0n) is 13.6. The third-order valence-electron chi connectivity index (χ3n) is 3.79. The zero-order chi connectivity index (χ0) is 17.1. The van der Waals surface area contributed by atoms with Crippen LogP contribution in [0.2, 0.25) is 0 Å². The molecule has 0 saturated heterocycles. The van der Waals surface area contributed by atoms with E-state index in [2.05, 4.69) is 10.4 Å². The van der Waals surface area contributed by atoms with Gasteiger partial charge in [-0.05, 0) is 30.3 Å². The number of nitrogens with one attached hydrogen (secondary N) is 1. The molecule has 0 saturated carbocycles. The van der Waals surface area contributed by atoms with Gasteiger partial charge in [-0.15, -0.1) is 0 Å². The highest BCUT2D eigenvalue weighted by Gasteiger charge is 2.09. The van der Waals surface area contributed by atoms with Gasteiger partial charge in [0.2, 0.25) is 11.8 Å². The van der Waals surface area contributed by atoms with Crippen molar-refractivity contribution in [2.75, 3.05) is 18.9 Å². The quantitative estimate of drug-likeness (QED) is 0.802. The Labute approximate surface area is 139 Å². The molecule has 24 heavy (non-hydrogen) atoms. The highest BCUT2D eigenvalue weighted by molar-refractivity contribution is 5.94. The molecule has 0 aliphatic heterocycles. The molecule has 2 aromatic carbocycles. The molecule has 3 rings (SSSR count). The average molecular weight is 322 g/mol. The maximum absolute atomic E-state index is 11.9. The number of amides is 2. The number of carbonyl (C=O) groups is 2. The molecule has 1 heterocycles. The van der Waals surface area contributed by atoms with Crippen molar-refractivity contribution in [3.8, 4) is 5.69 Å². The number of aromatic nitrogens is 2. The second-order valence-corrected chi connectivity index (χ2v) is 5.59. The molecule has 0 atom stereocenters. The van der Waals surface area contributed by atoms with E-state index in [1.807, 2.05) is 59.4 Å². The number of anilines is 1. The van der Waals surface area contributed by atoms with E-state index >= 15 is 0 Å². The lowest BCUT2D eigenvalue weighted by Crippen LogP contribution is -2.33. The van der Waals surface area contributed by atoms with Crippen LogP contribution in [0.3, 0.4) is 0 Å². The molecular weight excluding hydrogens is 304 g/mol. The molecule has 1 N–H and O–H groups in total. The summed E-state index contributed by atoms with van der Waals surface area (Å²) in [6.45, 7) is 1.46. The summed E-state index contributed by atoms with van der Waals surface area (Å²) in [5.74, 6) is -0.379. The van der Waals surface area contributed by atoms with Crippen LogP contribution in [0.25, 0.3) is 16.6 Å². The van der Waals surface area contributed by atoms with Crippen LogP contribution in [-0.4, -0.2) is 40.1 Å². The molecule has 0 spiro atoms. The number of hydrogen-bond acceptors (Lipinski definition) is 3. The predicted octanol–water partition coefficient (Wildman–Crippen LogP) is 2.44. The monoisotopic (exact) mass is 322 g/mol. The minimum absolute atomic E-state index is 0.0286. The van der Waals surface area contributed by atoms with E-state index in [9.17, 15) is 9.59 Å². The summed E-state index contributed by atoms with van der Waals surface area (Å²) in [6, 6.07) is 15.4. The number of benzene rings is 2. The first-order chi connectivity index (χ1) is 11.5. The maximum Gasteiger partial charge on any atom is 0.243 e. The molecule has 0 aliphatic rings. The van der Waals surface area contributed by atoms with E-state index in [0.717, 1.165) is 16.6 Å². The second kappa shape index (κ2) is 6.54. The van der Waals surface area contributed by atoms with Crippen LogP contribution in [0.1, 0.15) is 6.92 Å². The number of para-hydroxylation sites is 1. The van der Waals surface area contributed by atoms with Gasteiger partial charge in [0.1, 0.15) is 0 Å². The Bertz CT molecular complexity index is 883. The van der Waals surface area contributed by atoms with E-state index in [4.69, 9.17) is 0 Å². The van der Waals surface area contributed by atoms with Gasteiger partial charge in [0.05, 0.1) is 23.9 Å². The molecule has 0 fully saturated rings. The van der Waals surface area contributed by atoms with Crippen LogP contribution < -0.4 is 5.32 Å². The number of nitrogens with zero attached hydrogens (tertiary/aromatic N) is 3. The molecule has 0 bridgehead atoms. The molecule has 1 aromatic heterocycles. The normalized spacial score (nSPS) is 10.6. The van der Waals surface area contributed by atoms with Gasteiger partial charge in [-0.25, -0.2) is 4.68 Å². The Balaban J connectivity index is 1.74. The van der Waals surface area contributed by atoms with Crippen molar-refractivity contribution in [2.24, 2.45) is 0 Å². The molecule has 0 radical (unpaired) electrons. The number of rotatable bonds is 4. The van der Waals surface area contributed by atoms with Gasteiger partial charge in [0.15, 0.2) is 0 Å². The van der Waals surface area contributed by atoms with Crippen molar-refractivity contribution in [1.29, 1.82) is 0 Å². The van der Waals surface area contributed by atoms with Crippen LogP contribution in [0.5, 0.6) is 0 Å². The summed E-state index contributed by atoms with van der Waals surface area (Å²) >= 11 is 0. The summed E-state index contributed by atoms with van der Waals surface area (Å²) in [6.07, 6.45) is 1.82. The van der Waals surface area contributed by atoms with E-state index < -0.39 is 0 Å². The summed E-state index contributed by atoms with van der Waals surface area (Å²) in [5, 5.41) is 8.25. The molecule has 0 unspecified atom stereocenters. The van der Waals surface area contributed by atoms with Gasteiger partial charge >= 0.3 is 0 Å². The summed E-state index contributed by atoms with van der Waals surface area (Å²) in [7, 11) is 1.59. The maximum atomic E-state index is 11.9. The number of fused-ring (bicyclic) bond motifs is 1. The first kappa shape index (κ1) is 15.7. The van der Waals surface area contributed by atoms with Gasteiger partial charge in [-0.2, -0.15) is 5.10 Å². The summed E-state index contributed by atoms with van der Waals surface area (Å²) < 4.78 is 1.85. The van der Waals surface area contributed by atoms with Crippen molar-refractivity contribution in [3.05, 3.63) is 54.7 Å². The fraction of sp³-hybridized carbons (Fsp3) is 0.167. The predicted molar refractivity (Wildman–Crippen MR) is 93.0 cm³/mol. The Hall–Kier alpha value is -3.15. The lowest BCUT2D eigenvalue weighted by Gasteiger charge is -2.14. The lowest BCUT2D eigenvalue weighted by molar-refractivity contribution is -0.131.